The van der Waals surface area contributed by atoms with Gasteiger partial charge in [0.2, 0.25) is 0 Å². The van der Waals surface area contributed by atoms with Crippen molar-refractivity contribution in [3.05, 3.63) is 69.8 Å². The summed E-state index contributed by atoms with van der Waals surface area (Å²) in [6.45, 7) is 2.93. The summed E-state index contributed by atoms with van der Waals surface area (Å²) in [7, 11) is 0. The molecule has 0 fully saturated rings. The van der Waals surface area contributed by atoms with E-state index >= 15 is 0 Å². The zero-order chi connectivity index (χ0) is 16.5. The van der Waals surface area contributed by atoms with E-state index in [2.05, 4.69) is 6.92 Å². The van der Waals surface area contributed by atoms with Gasteiger partial charge in [-0.2, -0.15) is 0 Å². The molecule has 2 aromatic carbocycles. The maximum absolute atomic E-state index is 10.6. The summed E-state index contributed by atoms with van der Waals surface area (Å²) in [6.07, 6.45) is 7.37. The molecular formula is C19H21NO3. The first-order chi connectivity index (χ1) is 11.2. The van der Waals surface area contributed by atoms with Crippen molar-refractivity contribution < 1.29 is 9.66 Å². The Morgan fingerprint density at radius 3 is 2.04 bits per heavy atom. The molecule has 0 aromatic heterocycles. The Labute approximate surface area is 136 Å². The van der Waals surface area contributed by atoms with Crippen LogP contribution in [-0.2, 0) is 0 Å². The molecule has 2 aromatic rings. The lowest BCUT2D eigenvalue weighted by Gasteiger charge is -2.05. The molecular weight excluding hydrogens is 290 g/mol. The monoisotopic (exact) mass is 311 g/mol. The van der Waals surface area contributed by atoms with E-state index in [1.165, 1.54) is 25.0 Å². The fourth-order valence-electron chi connectivity index (χ4n) is 2.12. The first-order valence-electron chi connectivity index (χ1n) is 7.84. The number of ether oxygens (including phenoxy) is 1. The summed E-state index contributed by atoms with van der Waals surface area (Å²) in [5, 5.41) is 10.6. The Kier molecular flexibility index (Phi) is 6.36. The standard InChI is InChI=1S/C19H21NO3/c1-2-3-4-15-23-19-13-9-17(10-14-19)6-5-16-7-11-18(12-8-16)20(21)22/h5-14H,2-4,15H2,1H3. The van der Waals surface area contributed by atoms with E-state index in [0.29, 0.717) is 0 Å². The van der Waals surface area contributed by atoms with Crippen LogP contribution in [0.15, 0.2) is 48.5 Å². The molecule has 0 aliphatic carbocycles. The second-order valence-electron chi connectivity index (χ2n) is 5.31. The van der Waals surface area contributed by atoms with Gasteiger partial charge in [0, 0.05) is 12.1 Å². The molecule has 0 saturated carbocycles. The number of non-ortho nitro benzene ring substituents is 1. The molecule has 120 valence electrons. The molecule has 0 radical (unpaired) electrons. The minimum Gasteiger partial charge on any atom is -0.494 e. The zero-order valence-electron chi connectivity index (χ0n) is 13.3. The van der Waals surface area contributed by atoms with Crippen LogP contribution in [0.5, 0.6) is 5.75 Å². The first-order valence-corrected chi connectivity index (χ1v) is 7.84. The van der Waals surface area contributed by atoms with E-state index in [1.54, 1.807) is 12.1 Å². The van der Waals surface area contributed by atoms with Crippen molar-refractivity contribution in [3.63, 3.8) is 0 Å². The van der Waals surface area contributed by atoms with Crippen LogP contribution in [0.1, 0.15) is 37.3 Å². The van der Waals surface area contributed by atoms with Gasteiger partial charge in [-0.05, 0) is 41.8 Å². The normalized spacial score (nSPS) is 10.8. The van der Waals surface area contributed by atoms with Gasteiger partial charge in [0.05, 0.1) is 11.5 Å². The smallest absolute Gasteiger partial charge is 0.269 e. The Bertz CT molecular complexity index is 645. The van der Waals surface area contributed by atoms with Gasteiger partial charge >= 0.3 is 0 Å². The van der Waals surface area contributed by atoms with Gasteiger partial charge in [0.25, 0.3) is 5.69 Å². The number of benzene rings is 2. The van der Waals surface area contributed by atoms with Gasteiger partial charge in [0.15, 0.2) is 0 Å². The summed E-state index contributed by atoms with van der Waals surface area (Å²) in [6, 6.07) is 14.4. The highest BCUT2D eigenvalue weighted by molar-refractivity contribution is 5.70. The van der Waals surface area contributed by atoms with E-state index in [9.17, 15) is 10.1 Å². The summed E-state index contributed by atoms with van der Waals surface area (Å²) in [4.78, 5) is 10.2. The number of nitrogens with zero attached hydrogens (tertiary/aromatic N) is 1. The molecule has 0 aliphatic rings. The molecule has 23 heavy (non-hydrogen) atoms. The zero-order valence-corrected chi connectivity index (χ0v) is 13.3. The number of hydrogen-bond acceptors (Lipinski definition) is 3. The van der Waals surface area contributed by atoms with Gasteiger partial charge in [-0.15, -0.1) is 0 Å². The molecule has 0 N–H and O–H groups in total. The number of hydrogen-bond donors (Lipinski definition) is 0. The Morgan fingerprint density at radius 2 is 1.52 bits per heavy atom. The summed E-state index contributed by atoms with van der Waals surface area (Å²) >= 11 is 0. The van der Waals surface area contributed by atoms with Crippen molar-refractivity contribution in [2.45, 2.75) is 26.2 Å². The molecule has 0 unspecified atom stereocenters. The lowest BCUT2D eigenvalue weighted by molar-refractivity contribution is -0.384. The number of unbranched alkanes of at least 4 members (excludes halogenated alkanes) is 2. The van der Waals surface area contributed by atoms with Crippen molar-refractivity contribution in [2.75, 3.05) is 6.61 Å². The van der Waals surface area contributed by atoms with Crippen LogP contribution in [0.2, 0.25) is 0 Å². The molecule has 4 heteroatoms. The molecule has 0 saturated heterocycles. The number of rotatable bonds is 8. The van der Waals surface area contributed by atoms with Crippen molar-refractivity contribution in [1.82, 2.24) is 0 Å². The third kappa shape index (κ3) is 5.58. The van der Waals surface area contributed by atoms with Gasteiger partial charge in [-0.25, -0.2) is 0 Å². The largest absolute Gasteiger partial charge is 0.494 e. The maximum atomic E-state index is 10.6. The quantitative estimate of drug-likeness (QED) is 0.286. The average molecular weight is 311 g/mol. The van der Waals surface area contributed by atoms with E-state index in [0.717, 1.165) is 29.9 Å². The molecule has 0 amide bonds. The van der Waals surface area contributed by atoms with Crippen molar-refractivity contribution in [2.24, 2.45) is 0 Å². The second-order valence-corrected chi connectivity index (χ2v) is 5.31. The van der Waals surface area contributed by atoms with Gasteiger partial charge < -0.3 is 4.74 Å². The Balaban J connectivity index is 1.90. The Morgan fingerprint density at radius 1 is 0.957 bits per heavy atom. The lowest BCUT2D eigenvalue weighted by atomic mass is 10.1. The van der Waals surface area contributed by atoms with E-state index in [4.69, 9.17) is 4.74 Å². The van der Waals surface area contributed by atoms with Crippen molar-refractivity contribution in [3.8, 4) is 5.75 Å². The number of nitro benzene ring substituents is 1. The van der Waals surface area contributed by atoms with Crippen LogP contribution in [0, 0.1) is 10.1 Å². The van der Waals surface area contributed by atoms with Crippen molar-refractivity contribution in [1.29, 1.82) is 0 Å². The predicted molar refractivity (Wildman–Crippen MR) is 93.5 cm³/mol. The van der Waals surface area contributed by atoms with E-state index in [-0.39, 0.29) is 5.69 Å². The van der Waals surface area contributed by atoms with Crippen LogP contribution >= 0.6 is 0 Å². The molecule has 0 aliphatic heterocycles. The van der Waals surface area contributed by atoms with Crippen LogP contribution < -0.4 is 4.74 Å². The molecule has 0 bridgehead atoms. The molecule has 0 atom stereocenters. The third-order valence-corrected chi connectivity index (χ3v) is 3.47. The topological polar surface area (TPSA) is 52.4 Å². The minimum atomic E-state index is -0.396. The minimum absolute atomic E-state index is 0.103. The average Bonchev–Trinajstić information content (AvgIpc) is 2.58. The fourth-order valence-corrected chi connectivity index (χ4v) is 2.12. The van der Waals surface area contributed by atoms with Gasteiger partial charge in [0.1, 0.15) is 5.75 Å². The highest BCUT2D eigenvalue weighted by Gasteiger charge is 2.02. The SMILES string of the molecule is CCCCCOc1ccc(C=Cc2ccc([N+](=O)[O-])cc2)cc1. The summed E-state index contributed by atoms with van der Waals surface area (Å²) < 4.78 is 5.67. The van der Waals surface area contributed by atoms with Crippen LogP contribution in [0.25, 0.3) is 12.2 Å². The Hall–Kier alpha value is -2.62. The van der Waals surface area contributed by atoms with Crippen LogP contribution in [0.4, 0.5) is 5.69 Å². The summed E-state index contributed by atoms with van der Waals surface area (Å²) in [5.41, 5.74) is 2.09. The molecule has 0 spiro atoms. The lowest BCUT2D eigenvalue weighted by Crippen LogP contribution is -1.96. The third-order valence-electron chi connectivity index (χ3n) is 3.47. The van der Waals surface area contributed by atoms with E-state index in [1.807, 2.05) is 36.4 Å². The predicted octanol–water partition coefficient (Wildman–Crippen LogP) is 5.33. The second kappa shape index (κ2) is 8.73. The van der Waals surface area contributed by atoms with Gasteiger partial charge in [-0.3, -0.25) is 10.1 Å². The van der Waals surface area contributed by atoms with E-state index < -0.39 is 4.92 Å². The molecule has 2 rings (SSSR count). The highest BCUT2D eigenvalue weighted by atomic mass is 16.6. The molecule has 0 heterocycles. The van der Waals surface area contributed by atoms with Crippen molar-refractivity contribution >= 4 is 17.8 Å². The first kappa shape index (κ1) is 16.7. The molecule has 4 nitrogen and oxygen atoms in total. The maximum Gasteiger partial charge on any atom is 0.269 e. The summed E-state index contributed by atoms with van der Waals surface area (Å²) in [5.74, 6) is 0.883. The highest BCUT2D eigenvalue weighted by Crippen LogP contribution is 2.17. The fraction of sp³-hybridized carbons (Fsp3) is 0.263. The van der Waals surface area contributed by atoms with Crippen LogP contribution in [-0.4, -0.2) is 11.5 Å². The van der Waals surface area contributed by atoms with Gasteiger partial charge in [-0.1, -0.05) is 44.1 Å². The number of nitro groups is 1. The van der Waals surface area contributed by atoms with Crippen LogP contribution in [0.3, 0.4) is 0 Å².